The lowest BCUT2D eigenvalue weighted by molar-refractivity contribution is -0.118. The van der Waals surface area contributed by atoms with Crippen molar-refractivity contribution in [3.05, 3.63) is 60.4 Å². The average molecular weight is 462 g/mol. The van der Waals surface area contributed by atoms with Gasteiger partial charge in [-0.15, -0.1) is 0 Å². The van der Waals surface area contributed by atoms with Gasteiger partial charge in [0.05, 0.1) is 37.1 Å². The number of nitrogens with one attached hydrogen (secondary N) is 1. The van der Waals surface area contributed by atoms with Crippen molar-refractivity contribution in [3.8, 4) is 22.6 Å². The van der Waals surface area contributed by atoms with E-state index in [4.69, 9.17) is 9.47 Å². The number of hydrogen-bond donors (Lipinski definition) is 1. The Hall–Kier alpha value is -3.85. The molecular formula is C25H27N5O4. The fraction of sp³-hybridized carbons (Fsp3) is 0.320. The van der Waals surface area contributed by atoms with E-state index in [-0.39, 0.29) is 24.4 Å². The first-order chi connectivity index (χ1) is 16.5. The van der Waals surface area contributed by atoms with Crippen LogP contribution in [0.3, 0.4) is 0 Å². The van der Waals surface area contributed by atoms with Crippen molar-refractivity contribution in [2.75, 3.05) is 45.2 Å². The van der Waals surface area contributed by atoms with Gasteiger partial charge < -0.3 is 19.7 Å². The molecule has 0 saturated carbocycles. The van der Waals surface area contributed by atoms with Crippen molar-refractivity contribution in [3.63, 3.8) is 0 Å². The van der Waals surface area contributed by atoms with Crippen molar-refractivity contribution < 1.29 is 19.1 Å². The number of anilines is 1. The van der Waals surface area contributed by atoms with Crippen molar-refractivity contribution in [1.82, 2.24) is 19.6 Å². The molecule has 9 heteroatoms. The number of aryl methyl sites for hydroxylation is 1. The zero-order chi connectivity index (χ0) is 23.7. The van der Waals surface area contributed by atoms with E-state index in [0.717, 1.165) is 11.1 Å². The number of methoxy groups -OCH3 is 1. The summed E-state index contributed by atoms with van der Waals surface area (Å²) in [5.74, 6) is 0.974. The minimum atomic E-state index is -0.109. The van der Waals surface area contributed by atoms with Gasteiger partial charge in [0, 0.05) is 38.4 Å². The number of amides is 2. The van der Waals surface area contributed by atoms with Gasteiger partial charge in [-0.25, -0.2) is 0 Å². The van der Waals surface area contributed by atoms with E-state index in [1.807, 2.05) is 48.5 Å². The Bertz CT molecular complexity index is 1220. The van der Waals surface area contributed by atoms with Crippen LogP contribution in [0.4, 0.5) is 5.69 Å². The number of para-hydroxylation sites is 1. The molecule has 3 heterocycles. The van der Waals surface area contributed by atoms with Gasteiger partial charge in [-0.05, 0) is 29.8 Å². The van der Waals surface area contributed by atoms with Crippen LogP contribution >= 0.6 is 0 Å². The van der Waals surface area contributed by atoms with Gasteiger partial charge in [-0.3, -0.25) is 19.2 Å². The van der Waals surface area contributed by atoms with Gasteiger partial charge in [0.25, 0.3) is 5.91 Å². The van der Waals surface area contributed by atoms with Gasteiger partial charge in [0.1, 0.15) is 18.1 Å². The normalized spacial score (nSPS) is 18.5. The summed E-state index contributed by atoms with van der Waals surface area (Å²) in [5, 5.41) is 7.22. The lowest BCUT2D eigenvalue weighted by atomic mass is 10.1. The second-order valence-corrected chi connectivity index (χ2v) is 8.55. The zero-order valence-corrected chi connectivity index (χ0v) is 19.2. The van der Waals surface area contributed by atoms with Crippen molar-refractivity contribution >= 4 is 17.5 Å². The predicted molar refractivity (Wildman–Crippen MR) is 127 cm³/mol. The van der Waals surface area contributed by atoms with Crippen LogP contribution in [0.15, 0.2) is 54.9 Å². The summed E-state index contributed by atoms with van der Waals surface area (Å²) >= 11 is 0. The van der Waals surface area contributed by atoms with Gasteiger partial charge in [0.15, 0.2) is 0 Å². The molecule has 2 amide bonds. The molecule has 1 fully saturated rings. The highest BCUT2D eigenvalue weighted by molar-refractivity contribution is 5.97. The van der Waals surface area contributed by atoms with E-state index in [9.17, 15) is 9.59 Å². The smallest absolute Gasteiger partial charge is 0.257 e. The van der Waals surface area contributed by atoms with Gasteiger partial charge in [0.2, 0.25) is 5.91 Å². The highest BCUT2D eigenvalue weighted by atomic mass is 16.5. The molecule has 0 radical (unpaired) electrons. The number of carbonyl (C=O) groups excluding carboxylic acids is 2. The number of nitrogens with zero attached hydrogens (tertiary/aromatic N) is 4. The molecule has 0 bridgehead atoms. The molecule has 1 saturated heterocycles. The molecule has 3 aromatic rings. The minimum absolute atomic E-state index is 0.0806. The number of hydrogen-bond acceptors (Lipinski definition) is 6. The third-order valence-corrected chi connectivity index (χ3v) is 6.30. The van der Waals surface area contributed by atoms with Gasteiger partial charge in [-0.1, -0.05) is 18.2 Å². The summed E-state index contributed by atoms with van der Waals surface area (Å²) in [4.78, 5) is 30.0. The zero-order valence-electron chi connectivity index (χ0n) is 19.2. The predicted octanol–water partition coefficient (Wildman–Crippen LogP) is 2.25. The van der Waals surface area contributed by atoms with Crippen LogP contribution in [0.2, 0.25) is 0 Å². The number of fused-ring (bicyclic) bond motifs is 2. The number of rotatable bonds is 3. The molecule has 2 aromatic carbocycles. The number of benzene rings is 2. The van der Waals surface area contributed by atoms with Crippen LogP contribution in [-0.2, 0) is 11.8 Å². The maximum absolute atomic E-state index is 13.2. The molecule has 1 N–H and O–H groups in total. The molecule has 9 nitrogen and oxygen atoms in total. The van der Waals surface area contributed by atoms with E-state index >= 15 is 0 Å². The molecule has 0 aliphatic carbocycles. The Kier molecular flexibility index (Phi) is 5.93. The number of carbonyl (C=O) groups is 2. The monoisotopic (exact) mass is 461 g/mol. The molecular weight excluding hydrogens is 434 g/mol. The maximum atomic E-state index is 13.2. The highest BCUT2D eigenvalue weighted by Crippen LogP contribution is 2.32. The summed E-state index contributed by atoms with van der Waals surface area (Å²) in [6.07, 6.45) is 3.71. The fourth-order valence-corrected chi connectivity index (χ4v) is 4.50. The van der Waals surface area contributed by atoms with Crippen LogP contribution in [-0.4, -0.2) is 77.3 Å². The molecule has 1 atom stereocenters. The molecule has 176 valence electrons. The maximum Gasteiger partial charge on any atom is 0.257 e. The lowest BCUT2D eigenvalue weighted by Crippen LogP contribution is -2.57. The molecule has 0 spiro atoms. The molecule has 2 aliphatic rings. The summed E-state index contributed by atoms with van der Waals surface area (Å²) in [7, 11) is 3.43. The SMILES string of the molecule is COc1ccccc1C(=O)N1CCN2CC(=O)Nc3cc(-c4cnn(C)c4)ccc3OC[C@@H]2C1. The van der Waals surface area contributed by atoms with Crippen LogP contribution in [0, 0.1) is 0 Å². The first-order valence-electron chi connectivity index (χ1n) is 11.2. The number of piperazine rings is 1. The third kappa shape index (κ3) is 4.34. The summed E-state index contributed by atoms with van der Waals surface area (Å²) in [6, 6.07) is 12.9. The first kappa shape index (κ1) is 22.0. The van der Waals surface area contributed by atoms with Gasteiger partial charge >= 0.3 is 0 Å². The second-order valence-electron chi connectivity index (χ2n) is 8.55. The van der Waals surface area contributed by atoms with Crippen LogP contribution in [0.25, 0.3) is 11.1 Å². The Morgan fingerprint density at radius 2 is 2.03 bits per heavy atom. The van der Waals surface area contributed by atoms with E-state index in [1.165, 1.54) is 0 Å². The molecule has 5 rings (SSSR count). The summed E-state index contributed by atoms with van der Waals surface area (Å²) in [5.41, 5.74) is 3.07. The lowest BCUT2D eigenvalue weighted by Gasteiger charge is -2.40. The summed E-state index contributed by atoms with van der Waals surface area (Å²) in [6.45, 7) is 2.18. The third-order valence-electron chi connectivity index (χ3n) is 6.30. The van der Waals surface area contributed by atoms with E-state index in [1.54, 1.807) is 30.1 Å². The number of ether oxygens (including phenoxy) is 2. The molecule has 1 aromatic heterocycles. The van der Waals surface area contributed by atoms with E-state index in [0.29, 0.717) is 49.0 Å². The van der Waals surface area contributed by atoms with E-state index < -0.39 is 0 Å². The quantitative estimate of drug-likeness (QED) is 0.644. The second kappa shape index (κ2) is 9.18. The van der Waals surface area contributed by atoms with Crippen LogP contribution in [0.1, 0.15) is 10.4 Å². The van der Waals surface area contributed by atoms with Crippen LogP contribution < -0.4 is 14.8 Å². The number of aromatic nitrogens is 2. The highest BCUT2D eigenvalue weighted by Gasteiger charge is 2.33. The van der Waals surface area contributed by atoms with Crippen LogP contribution in [0.5, 0.6) is 11.5 Å². The minimum Gasteiger partial charge on any atom is -0.496 e. The Morgan fingerprint density at radius 3 is 2.82 bits per heavy atom. The Labute approximate surface area is 197 Å². The fourth-order valence-electron chi connectivity index (χ4n) is 4.50. The topological polar surface area (TPSA) is 88.9 Å². The first-order valence-corrected chi connectivity index (χ1v) is 11.2. The largest absolute Gasteiger partial charge is 0.496 e. The molecule has 34 heavy (non-hydrogen) atoms. The van der Waals surface area contributed by atoms with Crippen molar-refractivity contribution in [2.45, 2.75) is 6.04 Å². The molecule has 2 aliphatic heterocycles. The van der Waals surface area contributed by atoms with E-state index in [2.05, 4.69) is 15.3 Å². The standard InChI is InChI=1S/C25H27N5O4/c1-28-13-18(12-26-28)17-7-8-23-21(11-17)27-24(31)15-29-9-10-30(14-19(29)16-34-23)25(32)20-5-3-4-6-22(20)33-2/h3-8,11-13,19H,9-10,14-16H2,1-2H3,(H,27,31)/t19-/m0/s1. The Balaban J connectivity index is 1.36. The summed E-state index contributed by atoms with van der Waals surface area (Å²) < 4.78 is 13.3. The van der Waals surface area contributed by atoms with Gasteiger partial charge in [-0.2, -0.15) is 5.10 Å². The molecule has 0 unspecified atom stereocenters. The van der Waals surface area contributed by atoms with Crippen molar-refractivity contribution in [1.29, 1.82) is 0 Å². The van der Waals surface area contributed by atoms with Crippen molar-refractivity contribution in [2.24, 2.45) is 7.05 Å². The average Bonchev–Trinajstić information content (AvgIpc) is 3.31. The Morgan fingerprint density at radius 1 is 1.18 bits per heavy atom.